The molecule has 0 unspecified atom stereocenters. The summed E-state index contributed by atoms with van der Waals surface area (Å²) < 4.78 is 5.25. The van der Waals surface area contributed by atoms with E-state index in [-0.39, 0.29) is 0 Å². The van der Waals surface area contributed by atoms with Crippen molar-refractivity contribution in [2.24, 2.45) is 0 Å². The molecule has 0 spiro atoms. The van der Waals surface area contributed by atoms with E-state index in [1.54, 1.807) is 7.11 Å². The van der Waals surface area contributed by atoms with Crippen molar-refractivity contribution in [3.8, 4) is 5.75 Å². The number of ether oxygens (including phenoxy) is 1. The Bertz CT molecular complexity index is 468. The molecular weight excluding hydrogens is 222 g/mol. The average Bonchev–Trinajstić information content (AvgIpc) is 2.33. The van der Waals surface area contributed by atoms with Crippen LogP contribution >= 0.6 is 11.6 Å². The minimum absolute atomic E-state index is 0.727. The Hall–Kier alpha value is -1.67. The van der Waals surface area contributed by atoms with Gasteiger partial charge in [0, 0.05) is 10.7 Å². The third-order valence-corrected chi connectivity index (χ3v) is 2.48. The van der Waals surface area contributed by atoms with Gasteiger partial charge in [0.05, 0.1) is 12.8 Å². The fourth-order valence-corrected chi connectivity index (χ4v) is 1.56. The maximum Gasteiger partial charge on any atom is 0.142 e. The topological polar surface area (TPSA) is 21.3 Å². The van der Waals surface area contributed by atoms with Crippen LogP contribution in [-0.4, -0.2) is 7.11 Å². The summed E-state index contributed by atoms with van der Waals surface area (Å²) in [6.45, 7) is 0. The lowest BCUT2D eigenvalue weighted by Gasteiger charge is -2.10. The van der Waals surface area contributed by atoms with Gasteiger partial charge in [-0.3, -0.25) is 0 Å². The molecule has 0 saturated carbocycles. The van der Waals surface area contributed by atoms with E-state index in [0.29, 0.717) is 0 Å². The van der Waals surface area contributed by atoms with Gasteiger partial charge in [0.25, 0.3) is 0 Å². The summed E-state index contributed by atoms with van der Waals surface area (Å²) >= 11 is 5.82. The maximum absolute atomic E-state index is 5.82. The average molecular weight is 234 g/mol. The first-order valence-electron chi connectivity index (χ1n) is 4.95. The Morgan fingerprint density at radius 2 is 1.69 bits per heavy atom. The zero-order valence-corrected chi connectivity index (χ0v) is 9.66. The van der Waals surface area contributed by atoms with E-state index in [2.05, 4.69) is 5.32 Å². The number of benzene rings is 2. The van der Waals surface area contributed by atoms with Gasteiger partial charge in [-0.25, -0.2) is 0 Å². The maximum atomic E-state index is 5.82. The first-order valence-corrected chi connectivity index (χ1v) is 5.33. The van der Waals surface area contributed by atoms with Crippen LogP contribution in [0.5, 0.6) is 5.75 Å². The molecule has 2 nitrogen and oxygen atoms in total. The van der Waals surface area contributed by atoms with Crippen LogP contribution in [0.25, 0.3) is 0 Å². The molecule has 0 radical (unpaired) electrons. The molecular formula is C13H12ClNO. The molecule has 0 aromatic heterocycles. The van der Waals surface area contributed by atoms with Crippen molar-refractivity contribution in [1.29, 1.82) is 0 Å². The summed E-state index contributed by atoms with van der Waals surface area (Å²) in [5.74, 6) is 0.817. The van der Waals surface area contributed by atoms with E-state index in [1.165, 1.54) is 0 Å². The number of rotatable bonds is 3. The number of anilines is 2. The monoisotopic (exact) mass is 233 g/mol. The predicted octanol–water partition coefficient (Wildman–Crippen LogP) is 4.09. The minimum atomic E-state index is 0.727. The number of para-hydroxylation sites is 2. The molecule has 2 aromatic carbocycles. The van der Waals surface area contributed by atoms with Gasteiger partial charge in [-0.1, -0.05) is 23.7 Å². The van der Waals surface area contributed by atoms with E-state index in [0.717, 1.165) is 22.1 Å². The SMILES string of the molecule is COc1ccccc1Nc1ccc(Cl)cc1. The van der Waals surface area contributed by atoms with E-state index >= 15 is 0 Å². The zero-order chi connectivity index (χ0) is 11.4. The fraction of sp³-hybridized carbons (Fsp3) is 0.0769. The van der Waals surface area contributed by atoms with E-state index in [9.17, 15) is 0 Å². The molecule has 2 rings (SSSR count). The Morgan fingerprint density at radius 1 is 1.00 bits per heavy atom. The first-order chi connectivity index (χ1) is 7.79. The van der Waals surface area contributed by atoms with Gasteiger partial charge in [-0.05, 0) is 36.4 Å². The quantitative estimate of drug-likeness (QED) is 0.862. The molecule has 0 aliphatic heterocycles. The summed E-state index contributed by atoms with van der Waals surface area (Å²) in [6, 6.07) is 15.3. The van der Waals surface area contributed by atoms with E-state index in [4.69, 9.17) is 16.3 Å². The highest BCUT2D eigenvalue weighted by atomic mass is 35.5. The van der Waals surface area contributed by atoms with Crippen molar-refractivity contribution in [3.05, 3.63) is 53.6 Å². The van der Waals surface area contributed by atoms with Gasteiger partial charge in [-0.15, -0.1) is 0 Å². The molecule has 0 bridgehead atoms. The van der Waals surface area contributed by atoms with Gasteiger partial charge < -0.3 is 10.1 Å². The van der Waals surface area contributed by atoms with Crippen LogP contribution < -0.4 is 10.1 Å². The molecule has 0 aliphatic rings. The number of methoxy groups -OCH3 is 1. The lowest BCUT2D eigenvalue weighted by atomic mass is 10.2. The second-order valence-corrected chi connectivity index (χ2v) is 3.77. The lowest BCUT2D eigenvalue weighted by Crippen LogP contribution is -1.93. The van der Waals surface area contributed by atoms with Gasteiger partial charge in [0.2, 0.25) is 0 Å². The molecule has 3 heteroatoms. The molecule has 0 heterocycles. The standard InChI is InChI=1S/C13H12ClNO/c1-16-13-5-3-2-4-12(13)15-11-8-6-10(14)7-9-11/h2-9,15H,1H3. The van der Waals surface area contributed by atoms with Crippen LogP contribution in [0, 0.1) is 0 Å². The number of halogens is 1. The molecule has 16 heavy (non-hydrogen) atoms. The van der Waals surface area contributed by atoms with Crippen molar-refractivity contribution < 1.29 is 4.74 Å². The largest absolute Gasteiger partial charge is 0.495 e. The summed E-state index contributed by atoms with van der Waals surface area (Å²) in [6.07, 6.45) is 0. The summed E-state index contributed by atoms with van der Waals surface area (Å²) in [7, 11) is 1.66. The normalized spacial score (nSPS) is 9.88. The Morgan fingerprint density at radius 3 is 2.38 bits per heavy atom. The fourth-order valence-electron chi connectivity index (χ4n) is 1.44. The molecule has 0 amide bonds. The van der Waals surface area contributed by atoms with E-state index < -0.39 is 0 Å². The Labute approximate surface area is 99.8 Å². The smallest absolute Gasteiger partial charge is 0.142 e. The van der Waals surface area contributed by atoms with Crippen LogP contribution in [0.2, 0.25) is 5.02 Å². The van der Waals surface area contributed by atoms with Gasteiger partial charge in [0.15, 0.2) is 0 Å². The summed E-state index contributed by atoms with van der Waals surface area (Å²) in [5.41, 5.74) is 1.92. The van der Waals surface area contributed by atoms with Crippen molar-refractivity contribution >= 4 is 23.0 Å². The van der Waals surface area contributed by atoms with Crippen molar-refractivity contribution in [2.45, 2.75) is 0 Å². The first kappa shape index (κ1) is 10.8. The number of hydrogen-bond acceptors (Lipinski definition) is 2. The summed E-state index contributed by atoms with van der Waals surface area (Å²) in [4.78, 5) is 0. The minimum Gasteiger partial charge on any atom is -0.495 e. The van der Waals surface area contributed by atoms with Crippen LogP contribution in [0.15, 0.2) is 48.5 Å². The highest BCUT2D eigenvalue weighted by Gasteiger charge is 2.01. The molecule has 1 N–H and O–H groups in total. The van der Waals surface area contributed by atoms with Crippen molar-refractivity contribution in [1.82, 2.24) is 0 Å². The zero-order valence-electron chi connectivity index (χ0n) is 8.91. The highest BCUT2D eigenvalue weighted by Crippen LogP contribution is 2.27. The van der Waals surface area contributed by atoms with Gasteiger partial charge in [-0.2, -0.15) is 0 Å². The third-order valence-electron chi connectivity index (χ3n) is 2.23. The van der Waals surface area contributed by atoms with Gasteiger partial charge in [0.1, 0.15) is 5.75 Å². The van der Waals surface area contributed by atoms with E-state index in [1.807, 2.05) is 48.5 Å². The van der Waals surface area contributed by atoms with Crippen molar-refractivity contribution in [2.75, 3.05) is 12.4 Å². The molecule has 0 aliphatic carbocycles. The second kappa shape index (κ2) is 4.90. The molecule has 0 atom stereocenters. The van der Waals surface area contributed by atoms with Crippen LogP contribution in [0.3, 0.4) is 0 Å². The van der Waals surface area contributed by atoms with Crippen molar-refractivity contribution in [3.63, 3.8) is 0 Å². The number of hydrogen-bond donors (Lipinski definition) is 1. The summed E-state index contributed by atoms with van der Waals surface area (Å²) in [5, 5.41) is 3.99. The van der Waals surface area contributed by atoms with Crippen LogP contribution in [-0.2, 0) is 0 Å². The predicted molar refractivity (Wildman–Crippen MR) is 67.7 cm³/mol. The Kier molecular flexibility index (Phi) is 3.32. The molecule has 2 aromatic rings. The highest BCUT2D eigenvalue weighted by molar-refractivity contribution is 6.30. The Balaban J connectivity index is 2.23. The second-order valence-electron chi connectivity index (χ2n) is 3.33. The number of nitrogens with one attached hydrogen (secondary N) is 1. The molecule has 82 valence electrons. The molecule has 0 fully saturated rings. The van der Waals surface area contributed by atoms with Crippen LogP contribution in [0.4, 0.5) is 11.4 Å². The third kappa shape index (κ3) is 2.47. The molecule has 0 saturated heterocycles. The van der Waals surface area contributed by atoms with Crippen LogP contribution in [0.1, 0.15) is 0 Å². The lowest BCUT2D eigenvalue weighted by molar-refractivity contribution is 0.417. The van der Waals surface area contributed by atoms with Gasteiger partial charge >= 0.3 is 0 Å².